The van der Waals surface area contributed by atoms with Gasteiger partial charge in [0, 0.05) is 20.1 Å². The Morgan fingerprint density at radius 3 is 2.20 bits per heavy atom. The van der Waals surface area contributed by atoms with Gasteiger partial charge in [0.25, 0.3) is 0 Å². The molecule has 2 aromatic rings. The monoisotopic (exact) mass is 341 g/mol. The van der Waals surface area contributed by atoms with Crippen molar-refractivity contribution in [1.82, 2.24) is 10.6 Å². The molecule has 2 N–H and O–H groups in total. The number of hydrogen-bond donors (Lipinski definition) is 2. The summed E-state index contributed by atoms with van der Waals surface area (Å²) in [4.78, 5) is 4.26. The number of aliphatic imine (C=N–C) groups is 1. The van der Waals surface area contributed by atoms with Gasteiger partial charge in [-0.25, -0.2) is 0 Å². The minimum atomic E-state index is 0.615. The van der Waals surface area contributed by atoms with Crippen molar-refractivity contribution in [3.8, 4) is 11.5 Å². The third-order valence-electron chi connectivity index (χ3n) is 3.79. The number of nitrogens with one attached hydrogen (secondary N) is 2. The number of hydrogen-bond acceptors (Lipinski definition) is 3. The van der Waals surface area contributed by atoms with Gasteiger partial charge in [-0.3, -0.25) is 4.99 Å². The van der Waals surface area contributed by atoms with Crippen molar-refractivity contribution < 1.29 is 9.47 Å². The summed E-state index contributed by atoms with van der Waals surface area (Å²) in [6.45, 7) is 6.04. The molecule has 0 saturated heterocycles. The van der Waals surface area contributed by atoms with Crippen LogP contribution in [0.3, 0.4) is 0 Å². The molecule has 0 aliphatic rings. The fourth-order valence-corrected chi connectivity index (χ4v) is 2.39. The quantitative estimate of drug-likeness (QED) is 0.599. The Kier molecular flexibility index (Phi) is 7.14. The molecule has 0 fully saturated rings. The van der Waals surface area contributed by atoms with Gasteiger partial charge in [0.2, 0.25) is 0 Å². The summed E-state index contributed by atoms with van der Waals surface area (Å²) < 4.78 is 10.9. The topological polar surface area (TPSA) is 54.9 Å². The fraction of sp³-hybridized carbons (Fsp3) is 0.350. The van der Waals surface area contributed by atoms with Crippen molar-refractivity contribution in [2.45, 2.75) is 26.9 Å². The SMILES string of the molecule is CCOc1ccc(CNC(=NC)NCc2ccc(C)cc2)cc1OC. The maximum absolute atomic E-state index is 5.54. The Bertz CT molecular complexity index is 697. The molecule has 134 valence electrons. The van der Waals surface area contributed by atoms with Crippen molar-refractivity contribution >= 4 is 5.96 Å². The molecule has 0 heterocycles. The summed E-state index contributed by atoms with van der Waals surface area (Å²) in [6, 6.07) is 14.4. The molecule has 5 heteroatoms. The number of guanidine groups is 1. The summed E-state index contributed by atoms with van der Waals surface area (Å²) in [5.74, 6) is 2.26. The minimum absolute atomic E-state index is 0.615. The Labute approximate surface area is 150 Å². The van der Waals surface area contributed by atoms with E-state index >= 15 is 0 Å². The summed E-state index contributed by atoms with van der Waals surface area (Å²) in [5.41, 5.74) is 3.57. The number of methoxy groups -OCH3 is 1. The zero-order chi connectivity index (χ0) is 18.1. The molecule has 0 aromatic heterocycles. The van der Waals surface area contributed by atoms with E-state index in [1.54, 1.807) is 14.2 Å². The number of aryl methyl sites for hydroxylation is 1. The molecule has 5 nitrogen and oxygen atoms in total. The molecule has 0 radical (unpaired) electrons. The van der Waals surface area contributed by atoms with Crippen LogP contribution in [0.25, 0.3) is 0 Å². The zero-order valence-electron chi connectivity index (χ0n) is 15.4. The van der Waals surface area contributed by atoms with Crippen molar-refractivity contribution in [3.05, 3.63) is 59.2 Å². The molecule has 0 unspecified atom stereocenters. The van der Waals surface area contributed by atoms with E-state index in [1.807, 2.05) is 25.1 Å². The number of ether oxygens (including phenoxy) is 2. The predicted molar refractivity (Wildman–Crippen MR) is 102 cm³/mol. The van der Waals surface area contributed by atoms with Crippen LogP contribution in [0.15, 0.2) is 47.5 Å². The molecule has 0 bridgehead atoms. The van der Waals surface area contributed by atoms with E-state index in [2.05, 4.69) is 46.8 Å². The summed E-state index contributed by atoms with van der Waals surface area (Å²) in [7, 11) is 3.42. The van der Waals surface area contributed by atoms with Gasteiger partial charge in [0.05, 0.1) is 13.7 Å². The van der Waals surface area contributed by atoms with Crippen molar-refractivity contribution in [2.75, 3.05) is 20.8 Å². The van der Waals surface area contributed by atoms with Crippen LogP contribution in [-0.4, -0.2) is 26.7 Å². The van der Waals surface area contributed by atoms with Gasteiger partial charge in [-0.1, -0.05) is 35.9 Å². The molecule has 0 saturated carbocycles. The predicted octanol–water partition coefficient (Wildman–Crippen LogP) is 3.27. The van der Waals surface area contributed by atoms with Gasteiger partial charge < -0.3 is 20.1 Å². The number of rotatable bonds is 7. The highest BCUT2D eigenvalue weighted by Gasteiger charge is 2.06. The summed E-state index contributed by atoms with van der Waals surface area (Å²) >= 11 is 0. The molecule has 0 atom stereocenters. The molecular weight excluding hydrogens is 314 g/mol. The van der Waals surface area contributed by atoms with E-state index in [0.717, 1.165) is 29.6 Å². The van der Waals surface area contributed by atoms with Crippen molar-refractivity contribution in [3.63, 3.8) is 0 Å². The average molecular weight is 341 g/mol. The lowest BCUT2D eigenvalue weighted by Crippen LogP contribution is -2.36. The first kappa shape index (κ1) is 18.6. The van der Waals surface area contributed by atoms with Gasteiger partial charge in [-0.15, -0.1) is 0 Å². The molecule has 2 aromatic carbocycles. The van der Waals surface area contributed by atoms with Crippen LogP contribution in [0.2, 0.25) is 0 Å². The molecule has 0 aliphatic heterocycles. The first-order chi connectivity index (χ1) is 12.2. The maximum atomic E-state index is 5.54. The van der Waals surface area contributed by atoms with Gasteiger partial charge in [0.1, 0.15) is 0 Å². The Balaban J connectivity index is 1.90. The van der Waals surface area contributed by atoms with Crippen LogP contribution < -0.4 is 20.1 Å². The van der Waals surface area contributed by atoms with Crippen molar-refractivity contribution in [2.24, 2.45) is 4.99 Å². The molecule has 0 spiro atoms. The average Bonchev–Trinajstić information content (AvgIpc) is 2.64. The second kappa shape index (κ2) is 9.57. The normalized spacial score (nSPS) is 11.1. The van der Waals surface area contributed by atoms with Crippen LogP contribution in [-0.2, 0) is 13.1 Å². The second-order valence-corrected chi connectivity index (χ2v) is 5.68. The minimum Gasteiger partial charge on any atom is -0.493 e. The first-order valence-electron chi connectivity index (χ1n) is 8.46. The molecular formula is C20H27N3O2. The highest BCUT2D eigenvalue weighted by molar-refractivity contribution is 5.79. The maximum Gasteiger partial charge on any atom is 0.191 e. The lowest BCUT2D eigenvalue weighted by molar-refractivity contribution is 0.310. The molecule has 2 rings (SSSR count). The summed E-state index contributed by atoms with van der Waals surface area (Å²) in [5, 5.41) is 6.63. The third kappa shape index (κ3) is 5.71. The molecule has 25 heavy (non-hydrogen) atoms. The van der Waals surface area contributed by atoms with Crippen LogP contribution >= 0.6 is 0 Å². The lowest BCUT2D eigenvalue weighted by Gasteiger charge is -2.14. The van der Waals surface area contributed by atoms with E-state index in [4.69, 9.17) is 9.47 Å². The lowest BCUT2D eigenvalue weighted by atomic mass is 10.1. The van der Waals surface area contributed by atoms with Crippen LogP contribution in [0.1, 0.15) is 23.6 Å². The van der Waals surface area contributed by atoms with Crippen molar-refractivity contribution in [1.29, 1.82) is 0 Å². The smallest absolute Gasteiger partial charge is 0.191 e. The standard InChI is InChI=1S/C20H27N3O2/c1-5-25-18-11-10-17(12-19(18)24-4)14-23-20(21-3)22-13-16-8-6-15(2)7-9-16/h6-12H,5,13-14H2,1-4H3,(H2,21,22,23). The molecule has 0 amide bonds. The number of benzene rings is 2. The van der Waals surface area contributed by atoms with Crippen LogP contribution in [0.5, 0.6) is 11.5 Å². The Hall–Kier alpha value is -2.69. The largest absolute Gasteiger partial charge is 0.493 e. The first-order valence-corrected chi connectivity index (χ1v) is 8.46. The van der Waals surface area contributed by atoms with E-state index in [9.17, 15) is 0 Å². The van der Waals surface area contributed by atoms with E-state index in [1.165, 1.54) is 11.1 Å². The van der Waals surface area contributed by atoms with E-state index in [0.29, 0.717) is 13.2 Å². The van der Waals surface area contributed by atoms with E-state index in [-0.39, 0.29) is 0 Å². The van der Waals surface area contributed by atoms with Crippen LogP contribution in [0.4, 0.5) is 0 Å². The Morgan fingerprint density at radius 1 is 0.960 bits per heavy atom. The highest BCUT2D eigenvalue weighted by Crippen LogP contribution is 2.27. The van der Waals surface area contributed by atoms with Gasteiger partial charge >= 0.3 is 0 Å². The Morgan fingerprint density at radius 2 is 1.60 bits per heavy atom. The van der Waals surface area contributed by atoms with Gasteiger partial charge in [0.15, 0.2) is 17.5 Å². The number of nitrogens with zero attached hydrogens (tertiary/aromatic N) is 1. The second-order valence-electron chi connectivity index (χ2n) is 5.68. The van der Waals surface area contributed by atoms with Gasteiger partial charge in [-0.2, -0.15) is 0 Å². The fourth-order valence-electron chi connectivity index (χ4n) is 2.39. The highest BCUT2D eigenvalue weighted by atomic mass is 16.5. The zero-order valence-corrected chi connectivity index (χ0v) is 15.4. The summed E-state index contributed by atoms with van der Waals surface area (Å²) in [6.07, 6.45) is 0. The molecule has 0 aliphatic carbocycles. The van der Waals surface area contributed by atoms with Crippen LogP contribution in [0, 0.1) is 6.92 Å². The van der Waals surface area contributed by atoms with Gasteiger partial charge in [-0.05, 0) is 37.1 Å². The van der Waals surface area contributed by atoms with E-state index < -0.39 is 0 Å². The third-order valence-corrected chi connectivity index (χ3v) is 3.79.